The molecule has 0 amide bonds. The smallest absolute Gasteiger partial charge is 0.256 e. The summed E-state index contributed by atoms with van der Waals surface area (Å²) in [4.78, 5) is 0. The number of para-hydroxylation sites is 4. The first-order valence-electron chi connectivity index (χ1n) is 13.8. The van der Waals surface area contributed by atoms with Crippen LogP contribution in [0.1, 0.15) is 0 Å². The lowest BCUT2D eigenvalue weighted by molar-refractivity contribution is 0.488. The summed E-state index contributed by atoms with van der Waals surface area (Å²) in [6.45, 7) is 0.144. The summed E-state index contributed by atoms with van der Waals surface area (Å²) in [6, 6.07) is 46.1. The van der Waals surface area contributed by atoms with Crippen LogP contribution in [-0.2, 0) is 0 Å². The van der Waals surface area contributed by atoms with Gasteiger partial charge in [-0.2, -0.15) is 0 Å². The van der Waals surface area contributed by atoms with E-state index in [4.69, 9.17) is 4.74 Å². The van der Waals surface area contributed by atoms with E-state index in [0.717, 1.165) is 11.5 Å². The van der Waals surface area contributed by atoms with Gasteiger partial charge in [0.05, 0.1) is 22.1 Å². The van der Waals surface area contributed by atoms with Gasteiger partial charge in [-0.3, -0.25) is 0 Å². The molecule has 6 aromatic carbocycles. The highest BCUT2D eigenvalue weighted by Gasteiger charge is 2.40. The predicted octanol–water partition coefficient (Wildman–Crippen LogP) is 6.82. The van der Waals surface area contributed by atoms with Crippen LogP contribution >= 0.6 is 0 Å². The quantitative estimate of drug-likeness (QED) is 0.223. The fraction of sp³-hybridized carbons (Fsp3) is 0. The molecule has 0 atom stereocenters. The van der Waals surface area contributed by atoms with Crippen LogP contribution in [0, 0.1) is 0 Å². The van der Waals surface area contributed by atoms with Gasteiger partial charge in [0, 0.05) is 32.9 Å². The third-order valence-electron chi connectivity index (χ3n) is 8.96. The molecule has 0 saturated carbocycles. The Bertz CT molecular complexity index is 2360. The van der Waals surface area contributed by atoms with Crippen LogP contribution in [0.2, 0.25) is 0 Å². The molecule has 8 aromatic rings. The molecule has 10 rings (SSSR count). The number of benzene rings is 6. The minimum atomic E-state index is 0.144. The third-order valence-corrected chi connectivity index (χ3v) is 8.96. The second kappa shape index (κ2) is 7.25. The summed E-state index contributed by atoms with van der Waals surface area (Å²) < 4.78 is 11.4. The molecule has 0 radical (unpaired) electrons. The van der Waals surface area contributed by atoms with Gasteiger partial charge < -0.3 is 13.9 Å². The van der Waals surface area contributed by atoms with Crippen LogP contribution in [-0.4, -0.2) is 15.8 Å². The van der Waals surface area contributed by atoms with Crippen LogP contribution in [0.15, 0.2) is 127 Å². The predicted molar refractivity (Wildman–Crippen MR) is 166 cm³/mol. The maximum absolute atomic E-state index is 6.54. The fourth-order valence-electron chi connectivity index (χ4n) is 7.39. The summed E-state index contributed by atoms with van der Waals surface area (Å²) in [5, 5.41) is 5.06. The molecule has 4 heterocycles. The Hall–Kier alpha value is -5.22. The van der Waals surface area contributed by atoms with Crippen molar-refractivity contribution in [3.05, 3.63) is 127 Å². The van der Waals surface area contributed by atoms with Gasteiger partial charge in [0.25, 0.3) is 6.71 Å². The molecule has 0 N–H and O–H groups in total. The molecule has 3 nitrogen and oxygen atoms in total. The van der Waals surface area contributed by atoms with Gasteiger partial charge in [-0.05, 0) is 71.0 Å². The summed E-state index contributed by atoms with van der Waals surface area (Å²) in [5.74, 6) is 1.91. The topological polar surface area (TPSA) is 19.1 Å². The molecule has 4 heteroatoms. The van der Waals surface area contributed by atoms with E-state index in [-0.39, 0.29) is 6.71 Å². The second-order valence-electron chi connectivity index (χ2n) is 10.9. The van der Waals surface area contributed by atoms with Gasteiger partial charge in [-0.1, -0.05) is 72.8 Å². The van der Waals surface area contributed by atoms with E-state index < -0.39 is 0 Å². The van der Waals surface area contributed by atoms with Gasteiger partial charge in [0.2, 0.25) is 0 Å². The van der Waals surface area contributed by atoms with E-state index in [9.17, 15) is 0 Å². The zero-order chi connectivity index (χ0) is 25.9. The monoisotopic (exact) mass is 508 g/mol. The lowest BCUT2D eigenvalue weighted by atomic mass is 9.34. The first kappa shape index (κ1) is 20.7. The van der Waals surface area contributed by atoms with E-state index in [0.29, 0.717) is 0 Å². The summed E-state index contributed by atoms with van der Waals surface area (Å²) in [5.41, 5.74) is 11.2. The summed E-state index contributed by atoms with van der Waals surface area (Å²) in [6.07, 6.45) is 0. The van der Waals surface area contributed by atoms with Crippen molar-refractivity contribution in [2.75, 3.05) is 0 Å². The second-order valence-corrected chi connectivity index (χ2v) is 10.9. The summed E-state index contributed by atoms with van der Waals surface area (Å²) in [7, 11) is 0. The van der Waals surface area contributed by atoms with Gasteiger partial charge in [-0.15, -0.1) is 0 Å². The average Bonchev–Trinajstić information content (AvgIpc) is 3.52. The van der Waals surface area contributed by atoms with Crippen molar-refractivity contribution in [2.45, 2.75) is 0 Å². The van der Waals surface area contributed by atoms with Gasteiger partial charge in [0.15, 0.2) is 0 Å². The van der Waals surface area contributed by atoms with Crippen molar-refractivity contribution in [2.24, 2.45) is 0 Å². The Kier molecular flexibility index (Phi) is 3.75. The number of hydrogen-bond acceptors (Lipinski definition) is 1. The Morgan fingerprint density at radius 1 is 0.475 bits per heavy atom. The van der Waals surface area contributed by atoms with E-state index in [1.165, 1.54) is 71.4 Å². The van der Waals surface area contributed by atoms with E-state index >= 15 is 0 Å². The molecule has 2 aliphatic rings. The first-order valence-corrected chi connectivity index (χ1v) is 13.8. The first-order chi connectivity index (χ1) is 19.9. The summed E-state index contributed by atoms with van der Waals surface area (Å²) >= 11 is 0. The van der Waals surface area contributed by atoms with Crippen molar-refractivity contribution in [3.63, 3.8) is 0 Å². The highest BCUT2D eigenvalue weighted by molar-refractivity contribution is 6.99. The van der Waals surface area contributed by atoms with Gasteiger partial charge in [-0.25, -0.2) is 0 Å². The number of ether oxygens (including phenoxy) is 1. The molecule has 0 fully saturated rings. The Labute approximate surface area is 230 Å². The molecule has 2 aromatic heterocycles. The fourth-order valence-corrected chi connectivity index (χ4v) is 7.39. The van der Waals surface area contributed by atoms with Crippen LogP contribution in [0.4, 0.5) is 0 Å². The van der Waals surface area contributed by atoms with Gasteiger partial charge >= 0.3 is 0 Å². The van der Waals surface area contributed by atoms with Crippen molar-refractivity contribution < 1.29 is 4.74 Å². The number of nitrogens with zero attached hydrogens (tertiary/aromatic N) is 2. The molecule has 2 aliphatic heterocycles. The van der Waals surface area contributed by atoms with Crippen LogP contribution in [0.3, 0.4) is 0 Å². The normalized spacial score (nSPS) is 13.2. The molecule has 40 heavy (non-hydrogen) atoms. The Balaban J connectivity index is 1.41. The molecule has 0 spiro atoms. The van der Waals surface area contributed by atoms with Crippen LogP contribution in [0.5, 0.6) is 11.5 Å². The number of hydrogen-bond donors (Lipinski definition) is 0. The maximum atomic E-state index is 6.54. The lowest BCUT2D eigenvalue weighted by Crippen LogP contribution is -2.58. The third kappa shape index (κ3) is 2.43. The molecular weight excluding hydrogens is 487 g/mol. The Morgan fingerprint density at radius 3 is 2.08 bits per heavy atom. The van der Waals surface area contributed by atoms with Gasteiger partial charge in [0.1, 0.15) is 11.5 Å². The largest absolute Gasteiger partial charge is 0.458 e. The molecule has 0 unspecified atom stereocenters. The number of fused-ring (bicyclic) bond motifs is 11. The molecule has 0 aliphatic carbocycles. The highest BCUT2D eigenvalue weighted by Crippen LogP contribution is 2.42. The molecule has 0 saturated heterocycles. The Morgan fingerprint density at radius 2 is 1.18 bits per heavy atom. The lowest BCUT2D eigenvalue weighted by Gasteiger charge is -2.32. The van der Waals surface area contributed by atoms with Crippen LogP contribution in [0.25, 0.3) is 55.0 Å². The van der Waals surface area contributed by atoms with Crippen molar-refractivity contribution in [3.8, 4) is 22.9 Å². The van der Waals surface area contributed by atoms with E-state index in [1.54, 1.807) is 0 Å². The van der Waals surface area contributed by atoms with E-state index in [1.807, 2.05) is 0 Å². The zero-order valence-electron chi connectivity index (χ0n) is 21.5. The van der Waals surface area contributed by atoms with Crippen molar-refractivity contribution in [1.29, 1.82) is 0 Å². The number of aromatic nitrogens is 2. The minimum absolute atomic E-state index is 0.144. The zero-order valence-corrected chi connectivity index (χ0v) is 21.5. The number of rotatable bonds is 1. The molecule has 0 bridgehead atoms. The minimum Gasteiger partial charge on any atom is -0.458 e. The molecular formula is C36H21BN2O. The highest BCUT2D eigenvalue weighted by atomic mass is 16.5. The van der Waals surface area contributed by atoms with E-state index in [2.05, 4.69) is 137 Å². The van der Waals surface area contributed by atoms with Crippen molar-refractivity contribution in [1.82, 2.24) is 9.13 Å². The van der Waals surface area contributed by atoms with Crippen LogP contribution < -0.4 is 21.1 Å². The SMILES string of the molecule is c1ccc(-n2c3ccccc3c3cc4c(cc32)c2ccc3c5c2n4-c2ccccc2B5c2ccccc2O3)cc1. The molecule has 184 valence electrons. The maximum Gasteiger partial charge on any atom is 0.256 e. The average molecular weight is 508 g/mol. The van der Waals surface area contributed by atoms with Crippen molar-refractivity contribution >= 4 is 66.7 Å². The standard InChI is InChI=1S/C36H21BN2O/c1-2-10-22(11-3-1)38-29-15-7-4-12-23(29)25-20-32-26(21-31(25)38)24-18-19-34-35-36(24)39(32)30-16-8-5-13-27(30)37(35)28-14-6-9-17-33(28)40-34/h1-21H.